The van der Waals surface area contributed by atoms with E-state index in [2.05, 4.69) is 5.32 Å². The minimum Gasteiger partial charge on any atom is -0.462 e. The summed E-state index contributed by atoms with van der Waals surface area (Å²) in [5.41, 5.74) is 0.441. The maximum atomic E-state index is 12.1. The molecule has 0 aliphatic heterocycles. The van der Waals surface area contributed by atoms with Crippen molar-refractivity contribution in [3.05, 3.63) is 57.0 Å². The molecule has 0 unspecified atom stereocenters. The zero-order valence-corrected chi connectivity index (χ0v) is 12.4. The summed E-state index contributed by atoms with van der Waals surface area (Å²) in [6.45, 7) is 1.93. The Balaban J connectivity index is 2.14. The van der Waals surface area contributed by atoms with Gasteiger partial charge >= 0.3 is 5.97 Å². The zero-order chi connectivity index (χ0) is 16.1. The average molecular weight is 320 g/mol. The number of anilines is 1. The largest absolute Gasteiger partial charge is 0.462 e. The number of ether oxygens (including phenoxy) is 1. The van der Waals surface area contributed by atoms with Crippen LogP contribution >= 0.6 is 11.3 Å². The molecule has 1 amide bonds. The van der Waals surface area contributed by atoms with E-state index >= 15 is 0 Å². The van der Waals surface area contributed by atoms with Crippen molar-refractivity contribution in [2.24, 2.45) is 0 Å². The molecular weight excluding hydrogens is 308 g/mol. The number of nitro groups is 1. The summed E-state index contributed by atoms with van der Waals surface area (Å²) in [7, 11) is 0. The quantitative estimate of drug-likeness (QED) is 0.518. The van der Waals surface area contributed by atoms with Crippen LogP contribution in [0.25, 0.3) is 0 Å². The molecule has 1 N–H and O–H groups in total. The van der Waals surface area contributed by atoms with E-state index in [1.54, 1.807) is 18.4 Å². The van der Waals surface area contributed by atoms with E-state index in [1.165, 1.54) is 35.6 Å². The molecular formula is C14H12N2O5S. The van der Waals surface area contributed by atoms with Crippen LogP contribution in [0.1, 0.15) is 27.6 Å². The number of carbonyl (C=O) groups excluding carboxylic acids is 2. The summed E-state index contributed by atoms with van der Waals surface area (Å²) in [6.07, 6.45) is 0. The first kappa shape index (κ1) is 15.6. The number of benzene rings is 1. The minimum atomic E-state index is -0.542. The number of amides is 1. The second kappa shape index (κ2) is 6.81. The van der Waals surface area contributed by atoms with Crippen molar-refractivity contribution in [2.45, 2.75) is 6.92 Å². The first-order valence-corrected chi connectivity index (χ1v) is 7.21. The van der Waals surface area contributed by atoms with Crippen LogP contribution in [0, 0.1) is 10.1 Å². The number of non-ortho nitro benzene ring substituents is 1. The SMILES string of the molecule is CCOC(=O)c1ccsc1NC(=O)c1ccc([N+](=O)[O-])cc1. The molecule has 0 spiro atoms. The van der Waals surface area contributed by atoms with Gasteiger partial charge in [0.25, 0.3) is 11.6 Å². The van der Waals surface area contributed by atoms with Crippen LogP contribution in [-0.4, -0.2) is 23.4 Å². The lowest BCUT2D eigenvalue weighted by Gasteiger charge is -2.06. The molecule has 8 heteroatoms. The van der Waals surface area contributed by atoms with Crippen LogP contribution in [0.15, 0.2) is 35.7 Å². The van der Waals surface area contributed by atoms with E-state index in [0.717, 1.165) is 0 Å². The Morgan fingerprint density at radius 1 is 1.27 bits per heavy atom. The predicted molar refractivity (Wildman–Crippen MR) is 81.3 cm³/mol. The van der Waals surface area contributed by atoms with Crippen LogP contribution in [0.4, 0.5) is 10.7 Å². The Hall–Kier alpha value is -2.74. The number of rotatable bonds is 5. The predicted octanol–water partition coefficient (Wildman–Crippen LogP) is 3.09. The van der Waals surface area contributed by atoms with Gasteiger partial charge in [-0.3, -0.25) is 14.9 Å². The Bertz CT molecular complexity index is 708. The van der Waals surface area contributed by atoms with Gasteiger partial charge in [0.15, 0.2) is 0 Å². The van der Waals surface area contributed by atoms with Crippen LogP contribution in [0.2, 0.25) is 0 Å². The lowest BCUT2D eigenvalue weighted by molar-refractivity contribution is -0.384. The first-order valence-electron chi connectivity index (χ1n) is 6.33. The van der Waals surface area contributed by atoms with Gasteiger partial charge in [0.05, 0.1) is 17.1 Å². The van der Waals surface area contributed by atoms with Crippen molar-refractivity contribution < 1.29 is 19.2 Å². The summed E-state index contributed by atoms with van der Waals surface area (Å²) in [4.78, 5) is 33.9. The molecule has 114 valence electrons. The highest BCUT2D eigenvalue weighted by Gasteiger charge is 2.17. The van der Waals surface area contributed by atoms with Gasteiger partial charge in [-0.15, -0.1) is 11.3 Å². The fourth-order valence-electron chi connectivity index (χ4n) is 1.69. The molecule has 1 aromatic heterocycles. The van der Waals surface area contributed by atoms with Crippen molar-refractivity contribution in [1.82, 2.24) is 0 Å². The molecule has 0 atom stereocenters. The van der Waals surface area contributed by atoms with Crippen molar-refractivity contribution in [3.63, 3.8) is 0 Å². The number of nitrogens with zero attached hydrogens (tertiary/aromatic N) is 1. The number of hydrogen-bond donors (Lipinski definition) is 1. The number of esters is 1. The summed E-state index contributed by atoms with van der Waals surface area (Å²) in [5, 5.41) is 15.2. The minimum absolute atomic E-state index is 0.0973. The van der Waals surface area contributed by atoms with E-state index in [4.69, 9.17) is 4.74 Å². The van der Waals surface area contributed by atoms with E-state index in [0.29, 0.717) is 5.00 Å². The van der Waals surface area contributed by atoms with Gasteiger partial charge in [0, 0.05) is 17.7 Å². The molecule has 0 radical (unpaired) electrons. The van der Waals surface area contributed by atoms with Gasteiger partial charge in [-0.25, -0.2) is 4.79 Å². The standard InChI is InChI=1S/C14H12N2O5S/c1-2-21-14(18)11-7-8-22-13(11)15-12(17)9-3-5-10(6-4-9)16(19)20/h3-8H,2H2,1H3,(H,15,17). The summed E-state index contributed by atoms with van der Waals surface area (Å²) < 4.78 is 4.90. The van der Waals surface area contributed by atoms with E-state index in [-0.39, 0.29) is 23.4 Å². The Labute approximate surface area is 129 Å². The van der Waals surface area contributed by atoms with Crippen molar-refractivity contribution >= 4 is 33.9 Å². The topological polar surface area (TPSA) is 98.5 Å². The Morgan fingerprint density at radius 2 is 1.95 bits per heavy atom. The van der Waals surface area contributed by atoms with Crippen LogP contribution in [0.5, 0.6) is 0 Å². The molecule has 0 aliphatic carbocycles. The number of hydrogen-bond acceptors (Lipinski definition) is 6. The van der Waals surface area contributed by atoms with Gasteiger partial charge in [-0.05, 0) is 30.5 Å². The lowest BCUT2D eigenvalue weighted by atomic mass is 10.2. The van der Waals surface area contributed by atoms with Crippen molar-refractivity contribution in [1.29, 1.82) is 0 Å². The number of thiophene rings is 1. The molecule has 1 heterocycles. The third-order valence-electron chi connectivity index (χ3n) is 2.73. The van der Waals surface area contributed by atoms with Gasteiger partial charge < -0.3 is 10.1 Å². The Kier molecular flexibility index (Phi) is 4.84. The smallest absolute Gasteiger partial charge is 0.341 e. The highest BCUT2D eigenvalue weighted by molar-refractivity contribution is 7.14. The van der Waals surface area contributed by atoms with Crippen LogP contribution < -0.4 is 5.32 Å². The van der Waals surface area contributed by atoms with Crippen molar-refractivity contribution in [2.75, 3.05) is 11.9 Å². The highest BCUT2D eigenvalue weighted by Crippen LogP contribution is 2.25. The van der Waals surface area contributed by atoms with Gasteiger partial charge in [0.1, 0.15) is 5.00 Å². The zero-order valence-electron chi connectivity index (χ0n) is 11.6. The average Bonchev–Trinajstić information content (AvgIpc) is 2.95. The molecule has 0 bridgehead atoms. The van der Waals surface area contributed by atoms with E-state index in [9.17, 15) is 19.7 Å². The monoisotopic (exact) mass is 320 g/mol. The van der Waals surface area contributed by atoms with Gasteiger partial charge in [-0.1, -0.05) is 0 Å². The second-order valence-corrected chi connectivity index (χ2v) is 5.06. The third-order valence-corrected chi connectivity index (χ3v) is 3.56. The van der Waals surface area contributed by atoms with Crippen LogP contribution in [0.3, 0.4) is 0 Å². The molecule has 7 nitrogen and oxygen atoms in total. The van der Waals surface area contributed by atoms with Gasteiger partial charge in [-0.2, -0.15) is 0 Å². The summed E-state index contributed by atoms with van der Waals surface area (Å²) in [5.74, 6) is -0.967. The van der Waals surface area contributed by atoms with E-state index < -0.39 is 16.8 Å². The number of nitrogens with one attached hydrogen (secondary N) is 1. The highest BCUT2D eigenvalue weighted by atomic mass is 32.1. The molecule has 0 saturated carbocycles. The first-order chi connectivity index (χ1) is 10.5. The maximum absolute atomic E-state index is 12.1. The summed E-state index contributed by atoms with van der Waals surface area (Å²) in [6, 6.07) is 6.76. The van der Waals surface area contributed by atoms with Crippen molar-refractivity contribution in [3.8, 4) is 0 Å². The van der Waals surface area contributed by atoms with Gasteiger partial charge in [0.2, 0.25) is 0 Å². The third kappa shape index (κ3) is 3.47. The number of nitro benzene ring substituents is 1. The second-order valence-electron chi connectivity index (χ2n) is 4.14. The fraction of sp³-hybridized carbons (Fsp3) is 0.143. The molecule has 22 heavy (non-hydrogen) atoms. The maximum Gasteiger partial charge on any atom is 0.341 e. The van der Waals surface area contributed by atoms with E-state index in [1.807, 2.05) is 0 Å². The molecule has 0 aliphatic rings. The normalized spacial score (nSPS) is 10.0. The van der Waals surface area contributed by atoms with Crippen LogP contribution in [-0.2, 0) is 4.74 Å². The fourth-order valence-corrected chi connectivity index (χ4v) is 2.46. The molecule has 0 saturated heterocycles. The molecule has 0 fully saturated rings. The lowest BCUT2D eigenvalue weighted by Crippen LogP contribution is -2.14. The number of carbonyl (C=O) groups is 2. The molecule has 2 aromatic rings. The molecule has 2 rings (SSSR count). The Morgan fingerprint density at radius 3 is 2.55 bits per heavy atom. The molecule has 1 aromatic carbocycles. The summed E-state index contributed by atoms with van der Waals surface area (Å²) >= 11 is 1.19.